The van der Waals surface area contributed by atoms with E-state index < -0.39 is 4.92 Å². The molecule has 0 bridgehead atoms. The van der Waals surface area contributed by atoms with Crippen LogP contribution in [0.1, 0.15) is 18.5 Å². The molecule has 0 aliphatic carbocycles. The van der Waals surface area contributed by atoms with Gasteiger partial charge in [0.2, 0.25) is 5.91 Å². The van der Waals surface area contributed by atoms with Crippen molar-refractivity contribution in [3.8, 4) is 0 Å². The van der Waals surface area contributed by atoms with E-state index in [9.17, 15) is 14.9 Å². The SMILES string of the molecule is C[C@H](NCC(=O)Nc1ccc(Cl)cn1)c1cccc([N+](=O)[O-])c1. The highest BCUT2D eigenvalue weighted by Crippen LogP contribution is 2.18. The van der Waals surface area contributed by atoms with E-state index in [4.69, 9.17) is 11.6 Å². The van der Waals surface area contributed by atoms with Crippen LogP contribution in [0.25, 0.3) is 0 Å². The van der Waals surface area contributed by atoms with Gasteiger partial charge in [0.15, 0.2) is 0 Å². The van der Waals surface area contributed by atoms with Crippen molar-refractivity contribution < 1.29 is 9.72 Å². The largest absolute Gasteiger partial charge is 0.310 e. The fraction of sp³-hybridized carbons (Fsp3) is 0.200. The first-order valence-corrected chi connectivity index (χ1v) is 7.22. The second kappa shape index (κ2) is 7.66. The van der Waals surface area contributed by atoms with Crippen molar-refractivity contribution in [1.29, 1.82) is 0 Å². The number of nitro benzene ring substituents is 1. The number of amides is 1. The van der Waals surface area contributed by atoms with Crippen molar-refractivity contribution in [3.05, 3.63) is 63.3 Å². The number of carbonyl (C=O) groups is 1. The number of hydrogen-bond donors (Lipinski definition) is 2. The van der Waals surface area contributed by atoms with E-state index >= 15 is 0 Å². The van der Waals surface area contributed by atoms with Gasteiger partial charge < -0.3 is 10.6 Å². The van der Waals surface area contributed by atoms with E-state index in [1.807, 2.05) is 6.92 Å². The third kappa shape index (κ3) is 5.01. The predicted octanol–water partition coefficient (Wildman–Crippen LogP) is 2.93. The summed E-state index contributed by atoms with van der Waals surface area (Å²) in [6.45, 7) is 1.88. The topological polar surface area (TPSA) is 97.2 Å². The van der Waals surface area contributed by atoms with Crippen molar-refractivity contribution in [2.24, 2.45) is 0 Å². The first-order valence-electron chi connectivity index (χ1n) is 6.85. The minimum absolute atomic E-state index is 0.0194. The smallest absolute Gasteiger partial charge is 0.269 e. The lowest BCUT2D eigenvalue weighted by molar-refractivity contribution is -0.384. The number of non-ortho nitro benzene ring substituents is 1. The standard InChI is InChI=1S/C15H15ClN4O3/c1-10(11-3-2-4-13(7-11)20(22)23)17-9-15(21)19-14-6-5-12(16)8-18-14/h2-8,10,17H,9H2,1H3,(H,18,19,21)/t10-/m0/s1. The van der Waals surface area contributed by atoms with Crippen LogP contribution in [-0.4, -0.2) is 22.4 Å². The Labute approximate surface area is 137 Å². The van der Waals surface area contributed by atoms with E-state index in [0.29, 0.717) is 10.8 Å². The van der Waals surface area contributed by atoms with Gasteiger partial charge in [-0.2, -0.15) is 0 Å². The quantitative estimate of drug-likeness (QED) is 0.625. The average Bonchev–Trinajstić information content (AvgIpc) is 2.55. The van der Waals surface area contributed by atoms with Gasteiger partial charge in [0.1, 0.15) is 5.82 Å². The van der Waals surface area contributed by atoms with Gasteiger partial charge in [0.05, 0.1) is 16.5 Å². The molecule has 2 aromatic rings. The molecule has 0 unspecified atom stereocenters. The summed E-state index contributed by atoms with van der Waals surface area (Å²) < 4.78 is 0. The van der Waals surface area contributed by atoms with E-state index in [1.165, 1.54) is 18.3 Å². The zero-order valence-corrected chi connectivity index (χ0v) is 13.1. The fourth-order valence-corrected chi connectivity index (χ4v) is 2.02. The number of nitrogens with zero attached hydrogens (tertiary/aromatic N) is 2. The molecule has 1 atom stereocenters. The summed E-state index contributed by atoms with van der Waals surface area (Å²) in [4.78, 5) is 26.1. The van der Waals surface area contributed by atoms with Crippen LogP contribution in [0.15, 0.2) is 42.6 Å². The summed E-state index contributed by atoms with van der Waals surface area (Å²) in [5.41, 5.74) is 0.752. The van der Waals surface area contributed by atoms with E-state index in [1.54, 1.807) is 24.3 Å². The van der Waals surface area contributed by atoms with Crippen LogP contribution >= 0.6 is 11.6 Å². The van der Waals surface area contributed by atoms with Crippen LogP contribution in [0.3, 0.4) is 0 Å². The summed E-state index contributed by atoms with van der Waals surface area (Å²) in [6, 6.07) is 9.31. The zero-order valence-electron chi connectivity index (χ0n) is 12.3. The highest BCUT2D eigenvalue weighted by Gasteiger charge is 2.12. The maximum atomic E-state index is 11.9. The minimum Gasteiger partial charge on any atom is -0.310 e. The molecule has 8 heteroatoms. The van der Waals surface area contributed by atoms with Gasteiger partial charge in [-0.25, -0.2) is 4.98 Å². The first-order chi connectivity index (χ1) is 11.0. The van der Waals surface area contributed by atoms with Crippen molar-refractivity contribution >= 4 is 29.0 Å². The summed E-state index contributed by atoms with van der Waals surface area (Å²) >= 11 is 5.72. The highest BCUT2D eigenvalue weighted by atomic mass is 35.5. The number of nitro groups is 1. The lowest BCUT2D eigenvalue weighted by atomic mass is 10.1. The molecule has 0 radical (unpaired) electrons. The molecule has 0 saturated carbocycles. The molecule has 120 valence electrons. The molecule has 0 aliphatic rings. The van der Waals surface area contributed by atoms with Gasteiger partial charge in [0.25, 0.3) is 5.69 Å². The van der Waals surface area contributed by atoms with Crippen LogP contribution in [-0.2, 0) is 4.79 Å². The molecule has 7 nitrogen and oxygen atoms in total. The third-order valence-corrected chi connectivity index (χ3v) is 3.37. The second-order valence-corrected chi connectivity index (χ2v) is 5.30. The van der Waals surface area contributed by atoms with Crippen LogP contribution in [0.2, 0.25) is 5.02 Å². The van der Waals surface area contributed by atoms with Crippen molar-refractivity contribution in [2.75, 3.05) is 11.9 Å². The number of carbonyl (C=O) groups excluding carboxylic acids is 1. The molecule has 23 heavy (non-hydrogen) atoms. The number of hydrogen-bond acceptors (Lipinski definition) is 5. The Morgan fingerprint density at radius 2 is 2.17 bits per heavy atom. The Bertz CT molecular complexity index is 706. The van der Waals surface area contributed by atoms with Gasteiger partial charge >= 0.3 is 0 Å². The molecule has 0 aliphatic heterocycles. The van der Waals surface area contributed by atoms with Crippen molar-refractivity contribution in [3.63, 3.8) is 0 Å². The maximum absolute atomic E-state index is 11.9. The molecule has 0 spiro atoms. The van der Waals surface area contributed by atoms with Crippen molar-refractivity contribution in [1.82, 2.24) is 10.3 Å². The number of halogens is 1. The fourth-order valence-electron chi connectivity index (χ4n) is 1.91. The molecule has 1 amide bonds. The summed E-state index contributed by atoms with van der Waals surface area (Å²) in [7, 11) is 0. The average molecular weight is 335 g/mol. The third-order valence-electron chi connectivity index (χ3n) is 3.14. The molecule has 1 aromatic carbocycles. The van der Waals surface area contributed by atoms with Gasteiger partial charge in [-0.3, -0.25) is 14.9 Å². The lowest BCUT2D eigenvalue weighted by Crippen LogP contribution is -2.30. The molecule has 0 fully saturated rings. The van der Waals surface area contributed by atoms with E-state index in [0.717, 1.165) is 5.56 Å². The van der Waals surface area contributed by atoms with Gasteiger partial charge in [-0.1, -0.05) is 23.7 Å². The molecular formula is C15H15ClN4O3. The molecule has 1 aromatic heterocycles. The normalized spacial score (nSPS) is 11.7. The highest BCUT2D eigenvalue weighted by molar-refractivity contribution is 6.30. The Kier molecular flexibility index (Phi) is 5.61. The summed E-state index contributed by atoms with van der Waals surface area (Å²) in [5.74, 6) is 0.140. The first kappa shape index (κ1) is 16.9. The number of aromatic nitrogens is 1. The molecule has 0 saturated heterocycles. The number of benzene rings is 1. The number of rotatable bonds is 6. The number of pyridine rings is 1. The Balaban J connectivity index is 1.89. The minimum atomic E-state index is -0.449. The summed E-state index contributed by atoms with van der Waals surface area (Å²) in [5, 5.41) is 16.9. The van der Waals surface area contributed by atoms with Gasteiger partial charge in [0, 0.05) is 24.4 Å². The predicted molar refractivity (Wildman–Crippen MR) is 87.4 cm³/mol. The van der Waals surface area contributed by atoms with Crippen LogP contribution in [0.5, 0.6) is 0 Å². The lowest BCUT2D eigenvalue weighted by Gasteiger charge is -2.14. The molecule has 2 rings (SSSR count). The van der Waals surface area contributed by atoms with E-state index in [-0.39, 0.29) is 24.2 Å². The molecule has 1 heterocycles. The monoisotopic (exact) mass is 334 g/mol. The zero-order chi connectivity index (χ0) is 16.8. The summed E-state index contributed by atoms with van der Waals surface area (Å²) in [6.07, 6.45) is 1.44. The van der Waals surface area contributed by atoms with Crippen molar-refractivity contribution in [2.45, 2.75) is 13.0 Å². The van der Waals surface area contributed by atoms with Gasteiger partial charge in [-0.05, 0) is 24.6 Å². The Hall–Kier alpha value is -2.51. The Morgan fingerprint density at radius 1 is 1.39 bits per heavy atom. The molecule has 2 N–H and O–H groups in total. The van der Waals surface area contributed by atoms with Crippen LogP contribution in [0.4, 0.5) is 11.5 Å². The number of nitrogens with one attached hydrogen (secondary N) is 2. The second-order valence-electron chi connectivity index (χ2n) is 4.86. The Morgan fingerprint density at radius 3 is 2.83 bits per heavy atom. The van der Waals surface area contributed by atoms with E-state index in [2.05, 4.69) is 15.6 Å². The van der Waals surface area contributed by atoms with Gasteiger partial charge in [-0.15, -0.1) is 0 Å². The molecular weight excluding hydrogens is 320 g/mol. The van der Waals surface area contributed by atoms with Crippen LogP contribution < -0.4 is 10.6 Å². The van der Waals surface area contributed by atoms with Crippen LogP contribution in [0, 0.1) is 10.1 Å². The number of anilines is 1. The maximum Gasteiger partial charge on any atom is 0.269 e.